The summed E-state index contributed by atoms with van der Waals surface area (Å²) in [4.78, 5) is 0. The molecule has 0 fully saturated rings. The van der Waals surface area contributed by atoms with Gasteiger partial charge in [-0.1, -0.05) is 51.1 Å². The predicted molar refractivity (Wildman–Crippen MR) is 73.2 cm³/mol. The third-order valence-corrected chi connectivity index (χ3v) is 3.09. The molecular formula is C15H25NO. The maximum Gasteiger partial charge on any atom is 0.0750 e. The Bertz CT molecular complexity index is 297. The van der Waals surface area contributed by atoms with Crippen LogP contribution in [-0.2, 0) is 11.2 Å². The molecule has 0 heterocycles. The predicted octanol–water partition coefficient (Wildman–Crippen LogP) is 2.88. The first kappa shape index (κ1) is 14.2. The number of hydrogen-bond donors (Lipinski definition) is 1. The molecule has 0 aliphatic rings. The van der Waals surface area contributed by atoms with Crippen LogP contribution in [0.15, 0.2) is 30.3 Å². The fourth-order valence-electron chi connectivity index (χ4n) is 2.34. The summed E-state index contributed by atoms with van der Waals surface area (Å²) in [6.07, 6.45) is 1.28. The number of benzene rings is 1. The van der Waals surface area contributed by atoms with Crippen molar-refractivity contribution < 1.29 is 4.74 Å². The highest BCUT2D eigenvalue weighted by molar-refractivity contribution is 5.16. The molecule has 0 aliphatic heterocycles. The zero-order valence-corrected chi connectivity index (χ0v) is 11.4. The van der Waals surface area contributed by atoms with Crippen molar-refractivity contribution >= 4 is 0 Å². The lowest BCUT2D eigenvalue weighted by Gasteiger charge is -2.29. The van der Waals surface area contributed by atoms with Crippen LogP contribution in [0.4, 0.5) is 0 Å². The van der Waals surface area contributed by atoms with E-state index in [2.05, 4.69) is 56.4 Å². The van der Waals surface area contributed by atoms with E-state index in [1.54, 1.807) is 7.11 Å². The summed E-state index contributed by atoms with van der Waals surface area (Å²) in [6.45, 7) is 7.54. The van der Waals surface area contributed by atoms with Gasteiger partial charge >= 0.3 is 0 Å². The van der Waals surface area contributed by atoms with Crippen LogP contribution in [0.25, 0.3) is 0 Å². The first-order valence-electron chi connectivity index (χ1n) is 6.49. The molecule has 0 spiro atoms. The van der Waals surface area contributed by atoms with Crippen LogP contribution in [0.5, 0.6) is 0 Å². The number of methoxy groups -OCH3 is 1. The minimum atomic E-state index is 0.259. The van der Waals surface area contributed by atoms with Crippen molar-refractivity contribution in [3.8, 4) is 0 Å². The standard InChI is InChI=1S/C15H25NO/c1-5-16-14(15(17-4)12(2)3)11-13-9-7-6-8-10-13/h6-10,12,14-16H,5,11H2,1-4H3. The zero-order valence-electron chi connectivity index (χ0n) is 11.4. The van der Waals surface area contributed by atoms with Gasteiger partial charge in [0.25, 0.3) is 0 Å². The van der Waals surface area contributed by atoms with Gasteiger partial charge in [-0.25, -0.2) is 0 Å². The first-order valence-corrected chi connectivity index (χ1v) is 6.49. The maximum absolute atomic E-state index is 5.64. The van der Waals surface area contributed by atoms with Crippen molar-refractivity contribution in [3.63, 3.8) is 0 Å². The Morgan fingerprint density at radius 2 is 1.82 bits per heavy atom. The summed E-state index contributed by atoms with van der Waals surface area (Å²) in [5.41, 5.74) is 1.36. The summed E-state index contributed by atoms with van der Waals surface area (Å²) < 4.78 is 5.64. The molecule has 2 unspecified atom stereocenters. The molecule has 2 heteroatoms. The monoisotopic (exact) mass is 235 g/mol. The molecule has 2 atom stereocenters. The molecule has 0 saturated carbocycles. The Morgan fingerprint density at radius 3 is 2.29 bits per heavy atom. The average Bonchev–Trinajstić information content (AvgIpc) is 2.31. The third kappa shape index (κ3) is 4.49. The lowest BCUT2D eigenvalue weighted by molar-refractivity contribution is 0.0337. The van der Waals surface area contributed by atoms with Gasteiger partial charge in [-0.2, -0.15) is 0 Å². The van der Waals surface area contributed by atoms with Gasteiger partial charge in [0.15, 0.2) is 0 Å². The molecular weight excluding hydrogens is 210 g/mol. The van der Waals surface area contributed by atoms with E-state index < -0.39 is 0 Å². The van der Waals surface area contributed by atoms with Gasteiger partial charge in [0, 0.05) is 13.2 Å². The zero-order chi connectivity index (χ0) is 12.7. The molecule has 0 radical (unpaired) electrons. The van der Waals surface area contributed by atoms with E-state index >= 15 is 0 Å². The van der Waals surface area contributed by atoms with E-state index in [1.165, 1.54) is 5.56 Å². The van der Waals surface area contributed by atoms with E-state index in [-0.39, 0.29) is 6.10 Å². The highest BCUT2D eigenvalue weighted by atomic mass is 16.5. The van der Waals surface area contributed by atoms with Crippen LogP contribution in [0.3, 0.4) is 0 Å². The molecule has 1 aromatic rings. The summed E-state index contributed by atoms with van der Waals surface area (Å²) in [5.74, 6) is 0.521. The van der Waals surface area contributed by atoms with Gasteiger partial charge in [0.2, 0.25) is 0 Å². The minimum Gasteiger partial charge on any atom is -0.380 e. The Labute approximate surface area is 105 Å². The smallest absolute Gasteiger partial charge is 0.0750 e. The molecule has 1 aromatic carbocycles. The molecule has 1 rings (SSSR count). The Hall–Kier alpha value is -0.860. The lowest BCUT2D eigenvalue weighted by atomic mass is 9.94. The quantitative estimate of drug-likeness (QED) is 0.784. The molecule has 0 amide bonds. The number of nitrogens with one attached hydrogen (secondary N) is 1. The summed E-state index contributed by atoms with van der Waals surface area (Å²) in [5, 5.41) is 3.54. The molecule has 0 aromatic heterocycles. The van der Waals surface area contributed by atoms with Crippen LogP contribution in [0.2, 0.25) is 0 Å². The minimum absolute atomic E-state index is 0.259. The molecule has 0 saturated heterocycles. The normalized spacial score (nSPS) is 14.9. The molecule has 17 heavy (non-hydrogen) atoms. The Balaban J connectivity index is 2.71. The van der Waals surface area contributed by atoms with Crippen LogP contribution < -0.4 is 5.32 Å². The third-order valence-electron chi connectivity index (χ3n) is 3.09. The maximum atomic E-state index is 5.64. The topological polar surface area (TPSA) is 21.3 Å². The van der Waals surface area contributed by atoms with E-state index in [0.717, 1.165) is 13.0 Å². The van der Waals surface area contributed by atoms with Gasteiger partial charge in [0.05, 0.1) is 6.10 Å². The fourth-order valence-corrected chi connectivity index (χ4v) is 2.34. The SMILES string of the molecule is CCNC(Cc1ccccc1)C(OC)C(C)C. The van der Waals surface area contributed by atoms with E-state index in [1.807, 2.05) is 0 Å². The second-order valence-electron chi connectivity index (χ2n) is 4.80. The molecule has 0 aliphatic carbocycles. The molecule has 1 N–H and O–H groups in total. The second-order valence-corrected chi connectivity index (χ2v) is 4.80. The van der Waals surface area contributed by atoms with Crippen molar-refractivity contribution in [1.82, 2.24) is 5.32 Å². The Morgan fingerprint density at radius 1 is 1.18 bits per heavy atom. The fraction of sp³-hybridized carbons (Fsp3) is 0.600. The highest BCUT2D eigenvalue weighted by Gasteiger charge is 2.23. The van der Waals surface area contributed by atoms with E-state index in [9.17, 15) is 0 Å². The van der Waals surface area contributed by atoms with Gasteiger partial charge in [-0.05, 0) is 24.4 Å². The molecule has 96 valence electrons. The van der Waals surface area contributed by atoms with Crippen LogP contribution >= 0.6 is 0 Å². The Kier molecular flexibility index (Phi) is 6.23. The van der Waals surface area contributed by atoms with Gasteiger partial charge < -0.3 is 10.1 Å². The van der Waals surface area contributed by atoms with Gasteiger partial charge in [0.1, 0.15) is 0 Å². The summed E-state index contributed by atoms with van der Waals surface area (Å²) >= 11 is 0. The van der Waals surface area contributed by atoms with Crippen LogP contribution in [0.1, 0.15) is 26.3 Å². The van der Waals surface area contributed by atoms with Crippen molar-refractivity contribution in [2.24, 2.45) is 5.92 Å². The van der Waals surface area contributed by atoms with Crippen LogP contribution in [-0.4, -0.2) is 25.8 Å². The number of rotatable bonds is 7. The first-order chi connectivity index (χ1) is 8.19. The van der Waals surface area contributed by atoms with Crippen molar-refractivity contribution in [2.45, 2.75) is 39.3 Å². The second kappa shape index (κ2) is 7.46. The van der Waals surface area contributed by atoms with Gasteiger partial charge in [-0.3, -0.25) is 0 Å². The summed E-state index contributed by atoms with van der Waals surface area (Å²) in [7, 11) is 1.81. The lowest BCUT2D eigenvalue weighted by Crippen LogP contribution is -2.45. The molecule has 2 nitrogen and oxygen atoms in total. The summed E-state index contributed by atoms with van der Waals surface area (Å²) in [6, 6.07) is 11.0. The van der Waals surface area contributed by atoms with E-state index in [4.69, 9.17) is 4.74 Å². The molecule has 0 bridgehead atoms. The number of hydrogen-bond acceptors (Lipinski definition) is 2. The van der Waals surface area contributed by atoms with E-state index in [0.29, 0.717) is 12.0 Å². The van der Waals surface area contributed by atoms with Crippen molar-refractivity contribution in [3.05, 3.63) is 35.9 Å². The largest absolute Gasteiger partial charge is 0.380 e. The number of likely N-dealkylation sites (N-methyl/N-ethyl adjacent to an activating group) is 1. The van der Waals surface area contributed by atoms with Gasteiger partial charge in [-0.15, -0.1) is 0 Å². The number of ether oxygens (including phenoxy) is 1. The van der Waals surface area contributed by atoms with Crippen LogP contribution in [0, 0.1) is 5.92 Å². The van der Waals surface area contributed by atoms with Crippen molar-refractivity contribution in [1.29, 1.82) is 0 Å². The van der Waals surface area contributed by atoms with Crippen molar-refractivity contribution in [2.75, 3.05) is 13.7 Å². The highest BCUT2D eigenvalue weighted by Crippen LogP contribution is 2.15. The average molecular weight is 235 g/mol.